The molecular formula is C19H18N4O2S. The molecule has 1 saturated carbocycles. The van der Waals surface area contributed by atoms with E-state index in [1.807, 2.05) is 23.8 Å². The van der Waals surface area contributed by atoms with Gasteiger partial charge in [-0.1, -0.05) is 19.3 Å². The molecule has 0 unspecified atom stereocenters. The molecule has 2 N–H and O–H groups in total. The molecule has 132 valence electrons. The van der Waals surface area contributed by atoms with Crippen molar-refractivity contribution in [2.75, 3.05) is 12.4 Å². The summed E-state index contributed by atoms with van der Waals surface area (Å²) in [6, 6.07) is 7.71. The Balaban J connectivity index is 0.000000510. The molecule has 26 heavy (non-hydrogen) atoms. The molecule has 1 amide bonds. The lowest BCUT2D eigenvalue weighted by atomic mass is 10.0. The van der Waals surface area contributed by atoms with Crippen LogP contribution < -0.4 is 10.1 Å². The highest BCUT2D eigenvalue weighted by molar-refractivity contribution is 7.16. The highest BCUT2D eigenvalue weighted by Gasteiger charge is 2.14. The van der Waals surface area contributed by atoms with Gasteiger partial charge in [0.15, 0.2) is 0 Å². The molecule has 0 aliphatic heterocycles. The number of amides is 1. The summed E-state index contributed by atoms with van der Waals surface area (Å²) >= 11 is 1.59. The van der Waals surface area contributed by atoms with Crippen molar-refractivity contribution >= 4 is 44.8 Å². The van der Waals surface area contributed by atoms with Crippen LogP contribution in [0.5, 0.6) is 5.75 Å². The predicted octanol–water partition coefficient (Wildman–Crippen LogP) is 4.59. The Bertz CT molecular complexity index is 1070. The molecule has 3 heterocycles. The number of nitrogens with one attached hydrogen (secondary N) is 2. The Labute approximate surface area is 154 Å². The van der Waals surface area contributed by atoms with Gasteiger partial charge in [0, 0.05) is 28.8 Å². The fourth-order valence-corrected chi connectivity index (χ4v) is 3.33. The van der Waals surface area contributed by atoms with E-state index in [0.717, 1.165) is 32.5 Å². The number of rotatable bonds is 4. The van der Waals surface area contributed by atoms with Gasteiger partial charge in [-0.2, -0.15) is 0 Å². The number of fused-ring (bicyclic) bond motifs is 2. The summed E-state index contributed by atoms with van der Waals surface area (Å²) in [5.41, 5.74) is 5.43. The molecule has 0 radical (unpaired) electrons. The summed E-state index contributed by atoms with van der Waals surface area (Å²) in [7, 11) is 1.65. The maximum Gasteiger partial charge on any atom is 0.212 e. The van der Waals surface area contributed by atoms with Gasteiger partial charge >= 0.3 is 0 Å². The van der Waals surface area contributed by atoms with E-state index in [1.54, 1.807) is 24.5 Å². The molecule has 1 aliphatic rings. The number of nitrogens with zero attached hydrogens (tertiary/aromatic N) is 2. The monoisotopic (exact) mass is 366 g/mol. The van der Waals surface area contributed by atoms with E-state index in [9.17, 15) is 4.79 Å². The molecule has 3 aromatic heterocycles. The van der Waals surface area contributed by atoms with Crippen LogP contribution in [-0.4, -0.2) is 28.5 Å². The van der Waals surface area contributed by atoms with E-state index in [-0.39, 0.29) is 0 Å². The van der Waals surface area contributed by atoms with Crippen LogP contribution in [0.15, 0.2) is 36.0 Å². The van der Waals surface area contributed by atoms with Crippen LogP contribution >= 0.6 is 11.3 Å². The Morgan fingerprint density at radius 3 is 2.81 bits per heavy atom. The maximum atomic E-state index is 10.5. The smallest absolute Gasteiger partial charge is 0.212 e. The van der Waals surface area contributed by atoms with E-state index >= 15 is 0 Å². The first-order valence-electron chi connectivity index (χ1n) is 8.40. The minimum Gasteiger partial charge on any atom is -0.496 e. The average molecular weight is 366 g/mol. The molecule has 1 aliphatic carbocycles. The molecule has 0 atom stereocenters. The Morgan fingerprint density at radius 1 is 1.23 bits per heavy atom. The zero-order chi connectivity index (χ0) is 17.9. The Hall–Kier alpha value is -2.93. The molecule has 4 aromatic rings. The van der Waals surface area contributed by atoms with Crippen LogP contribution in [0, 0.1) is 0 Å². The van der Waals surface area contributed by atoms with E-state index in [2.05, 4.69) is 26.3 Å². The van der Waals surface area contributed by atoms with E-state index < -0.39 is 0 Å². The minimum atomic E-state index is 0.505. The molecule has 7 heteroatoms. The fourth-order valence-electron chi connectivity index (χ4n) is 2.63. The summed E-state index contributed by atoms with van der Waals surface area (Å²) in [5.74, 6) is 1.27. The fraction of sp³-hybridized carbons (Fsp3) is 0.211. The van der Waals surface area contributed by atoms with Gasteiger partial charge in [-0.15, -0.1) is 11.3 Å². The lowest BCUT2D eigenvalue weighted by molar-refractivity contribution is -0.105. The van der Waals surface area contributed by atoms with Crippen molar-refractivity contribution in [1.82, 2.24) is 15.0 Å². The number of ether oxygens (including phenoxy) is 1. The molecule has 6 nitrogen and oxygen atoms in total. The maximum absolute atomic E-state index is 10.5. The average Bonchev–Trinajstić information content (AvgIpc) is 3.38. The van der Waals surface area contributed by atoms with Crippen LogP contribution in [0.3, 0.4) is 0 Å². The quantitative estimate of drug-likeness (QED) is 0.518. The van der Waals surface area contributed by atoms with Gasteiger partial charge in [-0.25, -0.2) is 9.97 Å². The zero-order valence-corrected chi connectivity index (χ0v) is 15.1. The number of hydrogen-bond donors (Lipinski definition) is 2. The number of thiazole rings is 1. The van der Waals surface area contributed by atoms with Crippen LogP contribution in [-0.2, 0) is 4.79 Å². The normalized spacial score (nSPS) is 12.5. The van der Waals surface area contributed by atoms with Crippen LogP contribution in [0.4, 0.5) is 5.82 Å². The lowest BCUT2D eigenvalue weighted by Crippen LogP contribution is -1.96. The summed E-state index contributed by atoms with van der Waals surface area (Å²) in [6.45, 7) is 0. The van der Waals surface area contributed by atoms with Crippen molar-refractivity contribution in [3.05, 3.63) is 36.0 Å². The third-order valence-corrected chi connectivity index (χ3v) is 4.83. The summed E-state index contributed by atoms with van der Waals surface area (Å²) in [4.78, 5) is 22.4. The van der Waals surface area contributed by atoms with Gasteiger partial charge in [-0.3, -0.25) is 4.79 Å². The van der Waals surface area contributed by atoms with Crippen molar-refractivity contribution < 1.29 is 9.53 Å². The first kappa shape index (κ1) is 16.5. The third kappa shape index (κ3) is 3.25. The minimum absolute atomic E-state index is 0.505. The number of hydrogen-bond acceptors (Lipinski definition) is 5. The van der Waals surface area contributed by atoms with Crippen molar-refractivity contribution in [2.45, 2.75) is 19.3 Å². The molecule has 0 spiro atoms. The predicted molar refractivity (Wildman–Crippen MR) is 105 cm³/mol. The van der Waals surface area contributed by atoms with Gasteiger partial charge in [0.25, 0.3) is 0 Å². The largest absolute Gasteiger partial charge is 0.496 e. The molecular weight excluding hydrogens is 348 g/mol. The second-order valence-corrected chi connectivity index (χ2v) is 6.88. The van der Waals surface area contributed by atoms with Crippen LogP contribution in [0.2, 0.25) is 0 Å². The van der Waals surface area contributed by atoms with E-state index in [4.69, 9.17) is 4.74 Å². The zero-order valence-electron chi connectivity index (χ0n) is 14.3. The van der Waals surface area contributed by atoms with E-state index in [0.29, 0.717) is 17.9 Å². The van der Waals surface area contributed by atoms with Gasteiger partial charge in [0.2, 0.25) is 6.41 Å². The molecule has 0 bridgehead atoms. The Kier molecular flexibility index (Phi) is 4.53. The van der Waals surface area contributed by atoms with Crippen molar-refractivity contribution in [3.8, 4) is 16.9 Å². The first-order chi connectivity index (χ1) is 12.8. The van der Waals surface area contributed by atoms with E-state index in [1.165, 1.54) is 19.3 Å². The van der Waals surface area contributed by atoms with Gasteiger partial charge in [0.05, 0.1) is 22.8 Å². The van der Waals surface area contributed by atoms with Gasteiger partial charge in [0.1, 0.15) is 17.2 Å². The van der Waals surface area contributed by atoms with Crippen molar-refractivity contribution in [2.24, 2.45) is 0 Å². The van der Waals surface area contributed by atoms with Crippen LogP contribution in [0.25, 0.3) is 32.4 Å². The number of aromatic nitrogens is 3. The second kappa shape index (κ2) is 7.13. The third-order valence-electron chi connectivity index (χ3n) is 4.04. The summed E-state index contributed by atoms with van der Waals surface area (Å²) < 4.78 is 6.63. The highest BCUT2D eigenvalue weighted by atomic mass is 32.1. The second-order valence-electron chi connectivity index (χ2n) is 5.99. The SMILES string of the molecule is C1CC1.COc1cc2ncsc2cc1-c1c[nH]c2nc(NC=O)ccc12. The van der Waals surface area contributed by atoms with Crippen molar-refractivity contribution in [3.63, 3.8) is 0 Å². The number of H-pyrrole nitrogens is 1. The highest BCUT2D eigenvalue weighted by Crippen LogP contribution is 2.38. The molecule has 0 saturated heterocycles. The lowest BCUT2D eigenvalue weighted by Gasteiger charge is -2.08. The van der Waals surface area contributed by atoms with Crippen LogP contribution in [0.1, 0.15) is 19.3 Å². The summed E-state index contributed by atoms with van der Waals surface area (Å²) in [6.07, 6.45) is 7.01. The van der Waals surface area contributed by atoms with Gasteiger partial charge in [-0.05, 0) is 18.2 Å². The topological polar surface area (TPSA) is 79.9 Å². The number of pyridine rings is 1. The van der Waals surface area contributed by atoms with Crippen molar-refractivity contribution in [1.29, 1.82) is 0 Å². The first-order valence-corrected chi connectivity index (χ1v) is 9.28. The standard InChI is InChI=1S/C16H12N4O2S.C3H6/c1-22-13-5-12-14(23-8-19-12)4-10(13)11-6-17-16-9(11)2-3-15(20-16)18-7-21;1-2-3-1/h2-8H,1H3,(H2,17,18,20,21);1-3H2. The number of benzene rings is 1. The number of anilines is 1. The number of carbonyl (C=O) groups is 1. The summed E-state index contributed by atoms with van der Waals surface area (Å²) in [5, 5.41) is 3.51. The van der Waals surface area contributed by atoms with Gasteiger partial charge < -0.3 is 15.0 Å². The number of carbonyl (C=O) groups excluding carboxylic acids is 1. The molecule has 1 fully saturated rings. The number of methoxy groups -OCH3 is 1. The number of aromatic amines is 1. The Morgan fingerprint density at radius 2 is 2.08 bits per heavy atom. The molecule has 1 aromatic carbocycles. The molecule has 5 rings (SSSR count).